The summed E-state index contributed by atoms with van der Waals surface area (Å²) >= 11 is 0. The summed E-state index contributed by atoms with van der Waals surface area (Å²) in [5.41, 5.74) is 0.656. The molecule has 2 rings (SSSR count). The van der Waals surface area contributed by atoms with Gasteiger partial charge in [-0.15, -0.1) is 0 Å². The number of benzene rings is 1. The molecule has 0 unspecified atom stereocenters. The molecule has 0 spiro atoms. The lowest BCUT2D eigenvalue weighted by molar-refractivity contribution is -0.126. The first-order valence-electron chi connectivity index (χ1n) is 6.51. The molecular formula is C15H18FNO2. The van der Waals surface area contributed by atoms with Gasteiger partial charge in [-0.2, -0.15) is 0 Å². The number of carbonyl (C=O) groups excluding carboxylic acids is 1. The Labute approximate surface area is 112 Å². The third kappa shape index (κ3) is 3.56. The predicted molar refractivity (Wildman–Crippen MR) is 72.4 cm³/mol. The van der Waals surface area contributed by atoms with Gasteiger partial charge < -0.3 is 9.64 Å². The number of methoxy groups -OCH3 is 1. The molecule has 1 aromatic carbocycles. The lowest BCUT2D eigenvalue weighted by atomic mass is 10.1. The monoisotopic (exact) mass is 263 g/mol. The van der Waals surface area contributed by atoms with Crippen LogP contribution in [0.1, 0.15) is 24.8 Å². The second-order valence-electron chi connectivity index (χ2n) is 4.61. The average Bonchev–Trinajstić information content (AvgIpc) is 2.46. The minimum Gasteiger partial charge on any atom is -0.494 e. The quantitative estimate of drug-likeness (QED) is 0.785. The van der Waals surface area contributed by atoms with E-state index in [2.05, 4.69) is 0 Å². The molecule has 0 atom stereocenters. The summed E-state index contributed by atoms with van der Waals surface area (Å²) in [5.74, 6) is -0.217. The topological polar surface area (TPSA) is 29.5 Å². The van der Waals surface area contributed by atoms with Crippen molar-refractivity contribution in [3.8, 4) is 5.75 Å². The van der Waals surface area contributed by atoms with E-state index in [0.29, 0.717) is 5.56 Å². The van der Waals surface area contributed by atoms with Gasteiger partial charge in [0.25, 0.3) is 0 Å². The molecule has 3 nitrogen and oxygen atoms in total. The highest BCUT2D eigenvalue weighted by molar-refractivity contribution is 5.91. The van der Waals surface area contributed by atoms with E-state index in [4.69, 9.17) is 4.74 Å². The number of hydrogen-bond donors (Lipinski definition) is 0. The van der Waals surface area contributed by atoms with Crippen LogP contribution >= 0.6 is 0 Å². The molecule has 0 radical (unpaired) electrons. The highest BCUT2D eigenvalue weighted by Crippen LogP contribution is 2.18. The van der Waals surface area contributed by atoms with Crippen LogP contribution in [0.5, 0.6) is 5.75 Å². The Kier molecular flexibility index (Phi) is 4.55. The first-order chi connectivity index (χ1) is 9.20. The van der Waals surface area contributed by atoms with E-state index in [1.165, 1.54) is 25.7 Å². The van der Waals surface area contributed by atoms with E-state index in [0.717, 1.165) is 25.9 Å². The smallest absolute Gasteiger partial charge is 0.246 e. The van der Waals surface area contributed by atoms with Crippen LogP contribution in [0.15, 0.2) is 24.3 Å². The minimum absolute atomic E-state index is 0.00377. The summed E-state index contributed by atoms with van der Waals surface area (Å²) in [6, 6.07) is 4.64. The summed E-state index contributed by atoms with van der Waals surface area (Å²) < 4.78 is 18.3. The van der Waals surface area contributed by atoms with Crippen molar-refractivity contribution in [3.05, 3.63) is 35.7 Å². The number of hydrogen-bond acceptors (Lipinski definition) is 2. The molecule has 0 saturated carbocycles. The number of nitrogens with zero attached hydrogens (tertiary/aromatic N) is 1. The van der Waals surface area contributed by atoms with Crippen LogP contribution in [0.4, 0.5) is 4.39 Å². The fourth-order valence-corrected chi connectivity index (χ4v) is 2.17. The van der Waals surface area contributed by atoms with Gasteiger partial charge in [-0.25, -0.2) is 4.39 Å². The Morgan fingerprint density at radius 3 is 2.68 bits per heavy atom. The molecule has 1 aromatic rings. The van der Waals surface area contributed by atoms with Crippen molar-refractivity contribution in [2.75, 3.05) is 20.2 Å². The maximum Gasteiger partial charge on any atom is 0.246 e. The summed E-state index contributed by atoms with van der Waals surface area (Å²) in [5, 5.41) is 0. The second-order valence-corrected chi connectivity index (χ2v) is 4.61. The maximum atomic E-state index is 13.5. The number of ether oxygens (including phenoxy) is 1. The van der Waals surface area contributed by atoms with Crippen molar-refractivity contribution >= 4 is 12.0 Å². The number of carbonyl (C=O) groups is 1. The predicted octanol–water partition coefficient (Wildman–Crippen LogP) is 2.86. The molecule has 1 fully saturated rings. The van der Waals surface area contributed by atoms with Crippen molar-refractivity contribution in [1.82, 2.24) is 4.90 Å². The minimum atomic E-state index is -0.421. The van der Waals surface area contributed by atoms with Crippen LogP contribution in [-0.4, -0.2) is 31.0 Å². The van der Waals surface area contributed by atoms with Gasteiger partial charge in [0.15, 0.2) is 11.6 Å². The lowest BCUT2D eigenvalue weighted by Gasteiger charge is -2.25. The number of amides is 1. The van der Waals surface area contributed by atoms with E-state index < -0.39 is 5.82 Å². The summed E-state index contributed by atoms with van der Waals surface area (Å²) in [6.45, 7) is 1.64. The van der Waals surface area contributed by atoms with E-state index in [1.54, 1.807) is 18.2 Å². The number of piperidine rings is 1. The fraction of sp³-hybridized carbons (Fsp3) is 0.400. The van der Waals surface area contributed by atoms with E-state index in [1.807, 2.05) is 4.90 Å². The Morgan fingerprint density at radius 2 is 2.05 bits per heavy atom. The van der Waals surface area contributed by atoms with Crippen LogP contribution in [0.25, 0.3) is 6.08 Å². The SMILES string of the molecule is COc1ccc(C=CC(=O)N2CCCCC2)cc1F. The summed E-state index contributed by atoms with van der Waals surface area (Å²) in [6.07, 6.45) is 6.47. The zero-order valence-electron chi connectivity index (χ0n) is 11.1. The van der Waals surface area contributed by atoms with Crippen LogP contribution < -0.4 is 4.74 Å². The Bertz CT molecular complexity index is 479. The molecule has 1 aliphatic heterocycles. The molecule has 1 amide bonds. The molecule has 1 aliphatic rings. The van der Waals surface area contributed by atoms with Crippen LogP contribution in [-0.2, 0) is 4.79 Å². The molecule has 1 saturated heterocycles. The van der Waals surface area contributed by atoms with Gasteiger partial charge in [0, 0.05) is 19.2 Å². The Morgan fingerprint density at radius 1 is 1.32 bits per heavy atom. The second kappa shape index (κ2) is 6.36. The zero-order chi connectivity index (χ0) is 13.7. The molecule has 102 valence electrons. The van der Waals surface area contributed by atoms with Crippen molar-refractivity contribution in [2.24, 2.45) is 0 Å². The van der Waals surface area contributed by atoms with Gasteiger partial charge in [0.2, 0.25) is 5.91 Å². The summed E-state index contributed by atoms with van der Waals surface area (Å²) in [7, 11) is 1.42. The van der Waals surface area contributed by atoms with Gasteiger partial charge in [0.1, 0.15) is 0 Å². The zero-order valence-corrected chi connectivity index (χ0v) is 11.1. The van der Waals surface area contributed by atoms with E-state index >= 15 is 0 Å². The lowest BCUT2D eigenvalue weighted by Crippen LogP contribution is -2.34. The van der Waals surface area contributed by atoms with Gasteiger partial charge in [0.05, 0.1) is 7.11 Å². The molecular weight excluding hydrogens is 245 g/mol. The van der Waals surface area contributed by atoms with Gasteiger partial charge in [-0.05, 0) is 43.0 Å². The Hall–Kier alpha value is -1.84. The number of rotatable bonds is 3. The van der Waals surface area contributed by atoms with Crippen molar-refractivity contribution in [3.63, 3.8) is 0 Å². The maximum absolute atomic E-state index is 13.5. The first-order valence-corrected chi connectivity index (χ1v) is 6.51. The summed E-state index contributed by atoms with van der Waals surface area (Å²) in [4.78, 5) is 13.7. The number of halogens is 1. The molecule has 0 aromatic heterocycles. The fourth-order valence-electron chi connectivity index (χ4n) is 2.17. The van der Waals surface area contributed by atoms with Crippen molar-refractivity contribution in [1.29, 1.82) is 0 Å². The average molecular weight is 263 g/mol. The van der Waals surface area contributed by atoms with Crippen LogP contribution in [0.2, 0.25) is 0 Å². The third-order valence-corrected chi connectivity index (χ3v) is 3.26. The first kappa shape index (κ1) is 13.6. The van der Waals surface area contributed by atoms with Gasteiger partial charge in [-0.1, -0.05) is 6.07 Å². The third-order valence-electron chi connectivity index (χ3n) is 3.26. The van der Waals surface area contributed by atoms with Crippen LogP contribution in [0, 0.1) is 5.82 Å². The van der Waals surface area contributed by atoms with Gasteiger partial charge >= 0.3 is 0 Å². The molecule has 0 N–H and O–H groups in total. The van der Waals surface area contributed by atoms with Crippen molar-refractivity contribution < 1.29 is 13.9 Å². The Balaban J connectivity index is 2.01. The largest absolute Gasteiger partial charge is 0.494 e. The molecule has 0 bridgehead atoms. The molecule has 1 heterocycles. The molecule has 19 heavy (non-hydrogen) atoms. The van der Waals surface area contributed by atoms with E-state index in [9.17, 15) is 9.18 Å². The highest BCUT2D eigenvalue weighted by atomic mass is 19.1. The normalized spacial score (nSPS) is 15.8. The van der Waals surface area contributed by atoms with Crippen molar-refractivity contribution in [2.45, 2.75) is 19.3 Å². The molecule has 0 aliphatic carbocycles. The van der Waals surface area contributed by atoms with Crippen LogP contribution in [0.3, 0.4) is 0 Å². The highest BCUT2D eigenvalue weighted by Gasteiger charge is 2.13. The molecule has 4 heteroatoms. The standard InChI is InChI=1S/C15H18FNO2/c1-19-14-7-5-12(11-13(14)16)6-8-15(18)17-9-3-2-4-10-17/h5-8,11H,2-4,9-10H2,1H3. The number of likely N-dealkylation sites (tertiary alicyclic amines) is 1. The van der Waals surface area contributed by atoms with Gasteiger partial charge in [-0.3, -0.25) is 4.79 Å². The van der Waals surface area contributed by atoms with E-state index in [-0.39, 0.29) is 11.7 Å².